The summed E-state index contributed by atoms with van der Waals surface area (Å²) in [5.41, 5.74) is 0.823. The fourth-order valence-electron chi connectivity index (χ4n) is 5.29. The number of para-hydroxylation sites is 2. The summed E-state index contributed by atoms with van der Waals surface area (Å²) in [4.78, 5) is 29.4. The van der Waals surface area contributed by atoms with Gasteiger partial charge in [0, 0.05) is 0 Å². The van der Waals surface area contributed by atoms with Crippen molar-refractivity contribution >= 4 is 10.3 Å². The monoisotopic (exact) mass is 660 g/mol. The molecule has 0 amide bonds. The Balaban J connectivity index is 1.59. The van der Waals surface area contributed by atoms with Crippen molar-refractivity contribution in [2.75, 3.05) is 0 Å². The van der Waals surface area contributed by atoms with Gasteiger partial charge in [0.25, 0.3) is 0 Å². The molecule has 221 valence electrons. The van der Waals surface area contributed by atoms with E-state index in [0.717, 1.165) is 11.1 Å². The van der Waals surface area contributed by atoms with Crippen molar-refractivity contribution in [3.63, 3.8) is 0 Å². The molecule has 0 aromatic heterocycles. The number of carbonyl (C=O) groups is 2. The van der Waals surface area contributed by atoms with Crippen molar-refractivity contribution in [2.24, 2.45) is 0 Å². The first-order chi connectivity index (χ1) is 21.0. The number of nitrogens with one attached hydrogen (secondary N) is 1. The molecule has 0 atom stereocenters. The first kappa shape index (κ1) is 31.2. The molecule has 0 aliphatic rings. The molecule has 5 nitrogen and oxygen atoms in total. The van der Waals surface area contributed by atoms with Crippen molar-refractivity contribution in [1.29, 1.82) is 3.29 Å². The third kappa shape index (κ3) is 6.32. The number of hydrogen-bond donors (Lipinski definition) is 1. The minimum atomic E-state index is -5.42. The molecule has 0 aliphatic carbocycles. The van der Waals surface area contributed by atoms with Crippen LogP contribution in [0.3, 0.4) is 0 Å². The predicted octanol–water partition coefficient (Wildman–Crippen LogP) is 8.54. The second-order valence-corrected chi connectivity index (χ2v) is 19.1. The van der Waals surface area contributed by atoms with Gasteiger partial charge in [-0.15, -0.1) is 0 Å². The molecule has 0 radical (unpaired) electrons. The van der Waals surface area contributed by atoms with Gasteiger partial charge in [0.1, 0.15) is 0 Å². The van der Waals surface area contributed by atoms with Crippen LogP contribution in [0.25, 0.3) is 0 Å². The van der Waals surface area contributed by atoms with Crippen molar-refractivity contribution < 1.29 is 39.2 Å². The van der Waals surface area contributed by atoms with E-state index < -0.39 is 38.3 Å². The van der Waals surface area contributed by atoms with E-state index in [1.54, 1.807) is 72.8 Å². The van der Waals surface area contributed by atoms with Crippen LogP contribution < -0.4 is 12.7 Å². The van der Waals surface area contributed by atoms with Crippen LogP contribution in [-0.2, 0) is 31.3 Å². The molecular weight excluding hydrogens is 626 g/mol. The molecule has 0 saturated heterocycles. The standard InChI is InChI=1S/2C16H15O2.C6H5.HN.Zr/c2*1-16(2,14-9-4-3-5-10-14)18-15-11-7-6-8-13(15)12-17;1-2-4-6-5-3-1;;/h2*3-11H,1-2H3;1-5H;1H;. The van der Waals surface area contributed by atoms with Crippen LogP contribution >= 0.6 is 0 Å². The Morgan fingerprint density at radius 3 is 1.20 bits per heavy atom. The van der Waals surface area contributed by atoms with Crippen molar-refractivity contribution in [3.05, 3.63) is 162 Å². The van der Waals surface area contributed by atoms with E-state index >= 15 is 0 Å². The quantitative estimate of drug-likeness (QED) is 0.154. The summed E-state index contributed by atoms with van der Waals surface area (Å²) in [7, 11) is 0. The Bertz CT molecular complexity index is 1700. The predicted molar refractivity (Wildman–Crippen MR) is 171 cm³/mol. The van der Waals surface area contributed by atoms with E-state index in [1.165, 1.54) is 0 Å². The van der Waals surface area contributed by atoms with E-state index in [4.69, 9.17) is 9.47 Å². The van der Waals surface area contributed by atoms with Crippen LogP contribution in [0.15, 0.2) is 140 Å². The summed E-state index contributed by atoms with van der Waals surface area (Å²) in [6.45, 7) is 7.74. The second-order valence-electron chi connectivity index (χ2n) is 11.7. The number of benzene rings is 5. The third-order valence-electron chi connectivity index (χ3n) is 7.82. The van der Waals surface area contributed by atoms with Crippen LogP contribution in [0, 0.1) is 3.29 Å². The molecule has 0 aliphatic heterocycles. The minimum absolute atomic E-state index is 0.238. The average molecular weight is 662 g/mol. The summed E-state index contributed by atoms with van der Waals surface area (Å²) in [6, 6.07) is 42.2. The fourth-order valence-corrected chi connectivity index (χ4v) is 11.8. The number of hydrogen-bond acceptors (Lipinski definition) is 5. The molecule has 5 aromatic carbocycles. The molecule has 0 bridgehead atoms. The first-order valence-electron chi connectivity index (χ1n) is 14.6. The molecule has 1 N–H and O–H groups in total. The van der Waals surface area contributed by atoms with E-state index in [9.17, 15) is 12.9 Å². The summed E-state index contributed by atoms with van der Waals surface area (Å²) >= 11 is -5.42. The Kier molecular flexibility index (Phi) is 9.03. The van der Waals surface area contributed by atoms with Crippen LogP contribution in [0.1, 0.15) is 59.5 Å². The number of rotatable bonds is 11. The molecule has 0 spiro atoms. The molecule has 0 saturated carbocycles. The van der Waals surface area contributed by atoms with Gasteiger partial charge in [-0.05, 0) is 0 Å². The molecule has 44 heavy (non-hydrogen) atoms. The molecule has 5 aromatic rings. The molecule has 0 unspecified atom stereocenters. The zero-order valence-electron chi connectivity index (χ0n) is 25.4. The maximum absolute atomic E-state index is 14.7. The van der Waals surface area contributed by atoms with Crippen LogP contribution in [0.4, 0.5) is 0 Å². The normalized spacial score (nSPS) is 11.9. The van der Waals surface area contributed by atoms with Crippen LogP contribution in [-0.4, -0.2) is 6.98 Å². The van der Waals surface area contributed by atoms with Gasteiger partial charge in [0.2, 0.25) is 0 Å². The van der Waals surface area contributed by atoms with Gasteiger partial charge in [-0.3, -0.25) is 0 Å². The van der Waals surface area contributed by atoms with Crippen molar-refractivity contribution in [3.8, 4) is 11.5 Å². The van der Waals surface area contributed by atoms with Crippen LogP contribution in [0.2, 0.25) is 0 Å². The zero-order chi connectivity index (χ0) is 31.4. The van der Waals surface area contributed by atoms with E-state index in [2.05, 4.69) is 0 Å². The zero-order valence-corrected chi connectivity index (χ0v) is 27.9. The number of carbonyl (C=O) groups excluding carboxylic acids is 2. The Hall–Kier alpha value is -4.28. The van der Waals surface area contributed by atoms with Crippen molar-refractivity contribution in [2.45, 2.75) is 38.9 Å². The number of ether oxygens (including phenoxy) is 2. The van der Waals surface area contributed by atoms with E-state index in [0.29, 0.717) is 14.8 Å². The van der Waals surface area contributed by atoms with Crippen LogP contribution in [0.5, 0.6) is 11.5 Å². The van der Waals surface area contributed by atoms with Gasteiger partial charge in [0.05, 0.1) is 0 Å². The Morgan fingerprint density at radius 1 is 0.500 bits per heavy atom. The summed E-state index contributed by atoms with van der Waals surface area (Å²) in [6.07, 6.45) is 0. The Labute approximate surface area is 263 Å². The van der Waals surface area contributed by atoms with Gasteiger partial charge in [-0.2, -0.15) is 0 Å². The third-order valence-corrected chi connectivity index (χ3v) is 15.4. The molecule has 0 fully saturated rings. The van der Waals surface area contributed by atoms with Gasteiger partial charge in [-0.25, -0.2) is 0 Å². The molecular formula is C38H36NO4Zr. The first-order valence-corrected chi connectivity index (χ1v) is 19.5. The molecule has 5 rings (SSSR count). The van der Waals surface area contributed by atoms with E-state index in [1.807, 2.05) is 94.4 Å². The van der Waals surface area contributed by atoms with Gasteiger partial charge < -0.3 is 0 Å². The topological polar surface area (TPSA) is 76.5 Å². The van der Waals surface area contributed by atoms with Crippen molar-refractivity contribution in [1.82, 2.24) is 0 Å². The Morgan fingerprint density at radius 2 is 0.818 bits per heavy atom. The molecule has 6 heteroatoms. The summed E-state index contributed by atoms with van der Waals surface area (Å²) in [5, 5.41) is 0. The van der Waals surface area contributed by atoms with Gasteiger partial charge >= 0.3 is 265 Å². The van der Waals surface area contributed by atoms with Gasteiger partial charge in [-0.1, -0.05) is 0 Å². The second kappa shape index (κ2) is 12.8. The summed E-state index contributed by atoms with van der Waals surface area (Å²) in [5.74, 6) is 0.691. The summed E-state index contributed by atoms with van der Waals surface area (Å²) < 4.78 is 22.4. The SMILES string of the molecule is CC(C)(Oc1ccccc1[C](=O)[Zr](=[NH])([C](=O)c1ccccc1OC(C)(C)c1ccccc1)[c]1ccccc1)c1ccccc1. The van der Waals surface area contributed by atoms with E-state index in [-0.39, 0.29) is 11.1 Å². The van der Waals surface area contributed by atoms with Gasteiger partial charge in [0.15, 0.2) is 0 Å². The molecule has 0 heterocycles. The maximum atomic E-state index is 14.7. The fraction of sp³-hybridized carbons (Fsp3) is 0.158. The average Bonchev–Trinajstić information content (AvgIpc) is 3.05.